The molecule has 168 valence electrons. The second-order valence-corrected chi connectivity index (χ2v) is 8.15. The van der Waals surface area contributed by atoms with Crippen molar-refractivity contribution in [3.05, 3.63) is 12.2 Å². The quantitative estimate of drug-likeness (QED) is 0.376. The first-order valence-electron chi connectivity index (χ1n) is 8.81. The average molecular weight is 463 g/mol. The number of aliphatic carboxylic acids is 2. The average Bonchev–Trinajstić information content (AvgIpc) is 3.13. The largest absolute Gasteiger partial charge is 0.481 e. The van der Waals surface area contributed by atoms with E-state index in [9.17, 15) is 28.8 Å². The summed E-state index contributed by atoms with van der Waals surface area (Å²) in [6.45, 7) is 3.20. The Morgan fingerprint density at radius 3 is 1.73 bits per heavy atom. The third-order valence-electron chi connectivity index (χ3n) is 4.03. The standard InChI is InChI=1S/C9H13NO4S.C5H5NO2.C4H8O2S/c1-5(9(13)14)4-15-6-3-7(11)10(2)8(6)12;1-6-4(7)2-3-5(6)8;1-3(2-7)4(5)6/h5-6H,3-4H2,1-2H3,(H,13,14);2-3H,1H3;3,7H,2H2,1H3,(H,5,6)/t5-,6?;;3-/m0.0/s1. The van der Waals surface area contributed by atoms with E-state index in [1.807, 2.05) is 0 Å². The lowest BCUT2D eigenvalue weighted by Crippen LogP contribution is -2.27. The summed E-state index contributed by atoms with van der Waals surface area (Å²) >= 11 is 5.02. The number of likely N-dealkylation sites (N-methyl/N-ethyl adjacent to an activating group) is 1. The van der Waals surface area contributed by atoms with E-state index in [0.29, 0.717) is 11.5 Å². The maximum absolute atomic E-state index is 11.4. The normalized spacial score (nSPS) is 19.7. The van der Waals surface area contributed by atoms with Crippen molar-refractivity contribution in [1.29, 1.82) is 0 Å². The van der Waals surface area contributed by atoms with Crippen molar-refractivity contribution < 1.29 is 39.0 Å². The molecule has 1 saturated heterocycles. The van der Waals surface area contributed by atoms with Gasteiger partial charge < -0.3 is 10.2 Å². The summed E-state index contributed by atoms with van der Waals surface area (Å²) in [6, 6.07) is 0. The molecule has 0 spiro atoms. The second kappa shape index (κ2) is 13.1. The molecular formula is C18H26N2O8S2. The van der Waals surface area contributed by atoms with Crippen molar-refractivity contribution in [2.24, 2.45) is 11.8 Å². The summed E-state index contributed by atoms with van der Waals surface area (Å²) in [7, 11) is 2.90. The molecule has 0 aliphatic carbocycles. The molecule has 30 heavy (non-hydrogen) atoms. The summed E-state index contributed by atoms with van der Waals surface area (Å²) in [5.74, 6) is -2.61. The lowest BCUT2D eigenvalue weighted by molar-refractivity contribution is -0.141. The van der Waals surface area contributed by atoms with E-state index in [4.69, 9.17) is 10.2 Å². The fourth-order valence-corrected chi connectivity index (χ4v) is 3.12. The number of nitrogens with zero attached hydrogens (tertiary/aromatic N) is 2. The first kappa shape index (κ1) is 27.7. The molecule has 4 amide bonds. The van der Waals surface area contributed by atoms with Crippen molar-refractivity contribution in [1.82, 2.24) is 9.80 Å². The monoisotopic (exact) mass is 462 g/mol. The number of hydrogen-bond donors (Lipinski definition) is 3. The Morgan fingerprint density at radius 1 is 1.03 bits per heavy atom. The molecule has 2 rings (SSSR count). The fourth-order valence-electron chi connectivity index (χ4n) is 1.74. The van der Waals surface area contributed by atoms with Gasteiger partial charge in [-0.15, -0.1) is 11.8 Å². The Kier molecular flexibility index (Phi) is 12.0. The Hall–Kier alpha value is -2.34. The van der Waals surface area contributed by atoms with Crippen LogP contribution in [-0.2, 0) is 28.8 Å². The molecule has 2 aliphatic rings. The first-order valence-corrected chi connectivity index (χ1v) is 10.5. The third-order valence-corrected chi connectivity index (χ3v) is 6.05. The minimum absolute atomic E-state index is 0.187. The lowest BCUT2D eigenvalue weighted by atomic mass is 10.2. The summed E-state index contributed by atoms with van der Waals surface area (Å²) in [4.78, 5) is 66.0. The van der Waals surface area contributed by atoms with Crippen LogP contribution >= 0.6 is 24.4 Å². The van der Waals surface area contributed by atoms with Gasteiger partial charge in [-0.05, 0) is 0 Å². The Balaban J connectivity index is 0.000000471. The van der Waals surface area contributed by atoms with Crippen LogP contribution in [0.1, 0.15) is 20.3 Å². The van der Waals surface area contributed by atoms with Gasteiger partial charge in [0.2, 0.25) is 11.8 Å². The number of thiol groups is 1. The van der Waals surface area contributed by atoms with Gasteiger partial charge in [-0.25, -0.2) is 0 Å². The first-order chi connectivity index (χ1) is 13.8. The Morgan fingerprint density at radius 2 is 1.50 bits per heavy atom. The van der Waals surface area contributed by atoms with Crippen LogP contribution in [0.15, 0.2) is 12.2 Å². The number of carboxylic acid groups (broad SMARTS) is 2. The number of carboxylic acids is 2. The summed E-state index contributed by atoms with van der Waals surface area (Å²) in [5.41, 5.74) is 0. The van der Waals surface area contributed by atoms with Gasteiger partial charge in [-0.1, -0.05) is 13.8 Å². The highest BCUT2D eigenvalue weighted by atomic mass is 32.2. The van der Waals surface area contributed by atoms with Gasteiger partial charge in [-0.2, -0.15) is 12.6 Å². The molecule has 12 heteroatoms. The third kappa shape index (κ3) is 8.99. The number of hydrogen-bond acceptors (Lipinski definition) is 8. The van der Waals surface area contributed by atoms with Gasteiger partial charge in [-0.3, -0.25) is 38.6 Å². The van der Waals surface area contributed by atoms with Crippen LogP contribution in [0.4, 0.5) is 0 Å². The van der Waals surface area contributed by atoms with E-state index in [1.165, 1.54) is 38.0 Å². The minimum Gasteiger partial charge on any atom is -0.481 e. The van der Waals surface area contributed by atoms with Gasteiger partial charge in [0.15, 0.2) is 0 Å². The maximum atomic E-state index is 11.4. The van der Waals surface area contributed by atoms with Crippen LogP contribution in [0.3, 0.4) is 0 Å². The zero-order valence-corrected chi connectivity index (χ0v) is 18.8. The molecule has 0 aromatic rings. The molecule has 0 radical (unpaired) electrons. The summed E-state index contributed by atoms with van der Waals surface area (Å²) in [6.07, 6.45) is 2.69. The molecule has 1 fully saturated rings. The van der Waals surface area contributed by atoms with E-state index in [-0.39, 0.29) is 36.0 Å². The van der Waals surface area contributed by atoms with Crippen molar-refractivity contribution in [2.45, 2.75) is 25.5 Å². The zero-order chi connectivity index (χ0) is 23.6. The van der Waals surface area contributed by atoms with Crippen molar-refractivity contribution in [2.75, 3.05) is 25.6 Å². The van der Waals surface area contributed by atoms with Crippen LogP contribution in [0.5, 0.6) is 0 Å². The smallest absolute Gasteiger partial charge is 0.307 e. The van der Waals surface area contributed by atoms with Crippen molar-refractivity contribution >= 4 is 60.0 Å². The highest BCUT2D eigenvalue weighted by Gasteiger charge is 2.36. The van der Waals surface area contributed by atoms with Crippen LogP contribution in [0.25, 0.3) is 0 Å². The minimum atomic E-state index is -0.882. The lowest BCUT2D eigenvalue weighted by Gasteiger charge is -2.10. The van der Waals surface area contributed by atoms with E-state index < -0.39 is 23.1 Å². The van der Waals surface area contributed by atoms with Gasteiger partial charge in [0.1, 0.15) is 0 Å². The molecule has 10 nitrogen and oxygen atoms in total. The summed E-state index contributed by atoms with van der Waals surface area (Å²) in [5, 5.41) is 16.4. The number of likely N-dealkylation sites (tertiary alicyclic amines) is 1. The molecule has 2 heterocycles. The number of carbonyl (C=O) groups excluding carboxylic acids is 4. The second-order valence-electron chi connectivity index (χ2n) is 6.55. The Labute approximate surface area is 184 Å². The van der Waals surface area contributed by atoms with Gasteiger partial charge in [0, 0.05) is 44.2 Å². The van der Waals surface area contributed by atoms with E-state index >= 15 is 0 Å². The predicted molar refractivity (Wildman–Crippen MR) is 113 cm³/mol. The van der Waals surface area contributed by atoms with Gasteiger partial charge >= 0.3 is 11.9 Å². The van der Waals surface area contributed by atoms with Crippen molar-refractivity contribution in [3.8, 4) is 0 Å². The van der Waals surface area contributed by atoms with E-state index in [2.05, 4.69) is 12.6 Å². The van der Waals surface area contributed by atoms with Crippen LogP contribution < -0.4 is 0 Å². The molecule has 2 N–H and O–H groups in total. The number of rotatable bonds is 6. The molecule has 1 unspecified atom stereocenters. The SMILES string of the molecule is CN1C(=O)C=CC1=O.C[C@@H](CS)C(=O)O.C[C@@H](CSC1CC(=O)N(C)C1=O)C(=O)O. The topological polar surface area (TPSA) is 149 Å². The van der Waals surface area contributed by atoms with Crippen LogP contribution in [0.2, 0.25) is 0 Å². The number of carbonyl (C=O) groups is 6. The highest BCUT2D eigenvalue weighted by Crippen LogP contribution is 2.25. The van der Waals surface area contributed by atoms with E-state index in [0.717, 1.165) is 9.80 Å². The van der Waals surface area contributed by atoms with E-state index in [1.54, 1.807) is 13.8 Å². The molecule has 3 atom stereocenters. The molecule has 0 aromatic heterocycles. The van der Waals surface area contributed by atoms with Gasteiger partial charge in [0.05, 0.1) is 17.1 Å². The predicted octanol–water partition coefficient (Wildman–Crippen LogP) is 0.376. The zero-order valence-electron chi connectivity index (χ0n) is 17.1. The number of amides is 4. The van der Waals surface area contributed by atoms with Gasteiger partial charge in [0.25, 0.3) is 11.8 Å². The Bertz CT molecular complexity index is 707. The molecular weight excluding hydrogens is 436 g/mol. The molecule has 0 bridgehead atoms. The van der Waals surface area contributed by atoms with Crippen LogP contribution in [0, 0.1) is 11.8 Å². The van der Waals surface area contributed by atoms with Crippen molar-refractivity contribution in [3.63, 3.8) is 0 Å². The molecule has 2 aliphatic heterocycles. The maximum Gasteiger partial charge on any atom is 0.307 e. The number of imide groups is 2. The fraction of sp³-hybridized carbons (Fsp3) is 0.556. The summed E-state index contributed by atoms with van der Waals surface area (Å²) < 4.78 is 0. The highest BCUT2D eigenvalue weighted by molar-refractivity contribution is 8.00. The number of thioether (sulfide) groups is 1. The molecule has 0 saturated carbocycles. The van der Waals surface area contributed by atoms with Crippen LogP contribution in [-0.4, -0.2) is 86.4 Å². The molecule has 0 aromatic carbocycles.